The van der Waals surface area contributed by atoms with Gasteiger partial charge in [0, 0.05) is 36.8 Å². The minimum Gasteiger partial charge on any atom is -0.385 e. The van der Waals surface area contributed by atoms with E-state index in [-0.39, 0.29) is 5.60 Å². The van der Waals surface area contributed by atoms with Crippen LogP contribution in [-0.2, 0) is 22.5 Å². The van der Waals surface area contributed by atoms with Crippen molar-refractivity contribution >= 4 is 39.1 Å². The van der Waals surface area contributed by atoms with Gasteiger partial charge in [0.1, 0.15) is 10.6 Å². The molecule has 0 amide bonds. The highest BCUT2D eigenvalue weighted by Gasteiger charge is 2.33. The molecule has 0 spiro atoms. The number of methoxy groups -OCH3 is 1. The molecule has 1 aliphatic rings. The Labute approximate surface area is 164 Å². The molecule has 0 radical (unpaired) electrons. The molecule has 2 aromatic heterocycles. The third kappa shape index (κ3) is 4.32. The summed E-state index contributed by atoms with van der Waals surface area (Å²) >= 11 is 3.47. The van der Waals surface area contributed by atoms with E-state index in [1.807, 2.05) is 0 Å². The Morgan fingerprint density at radius 2 is 2.19 bits per heavy atom. The van der Waals surface area contributed by atoms with E-state index in [0.717, 1.165) is 48.2 Å². The van der Waals surface area contributed by atoms with Crippen LogP contribution < -0.4 is 5.32 Å². The summed E-state index contributed by atoms with van der Waals surface area (Å²) in [5, 5.41) is 6.03. The molecule has 3 rings (SSSR count). The van der Waals surface area contributed by atoms with Gasteiger partial charge in [-0.3, -0.25) is 0 Å². The number of hydrogen-bond donors (Lipinski definition) is 1. The molecule has 0 aliphatic carbocycles. The largest absolute Gasteiger partial charge is 0.385 e. The number of anilines is 1. The van der Waals surface area contributed by atoms with Crippen molar-refractivity contribution in [3.05, 3.63) is 10.4 Å². The molecule has 5 nitrogen and oxygen atoms in total. The highest BCUT2D eigenvalue weighted by Crippen LogP contribution is 2.42. The molecule has 144 valence electrons. The molecule has 0 aromatic carbocycles. The first-order chi connectivity index (χ1) is 12.5. The van der Waals surface area contributed by atoms with E-state index in [4.69, 9.17) is 19.4 Å². The summed E-state index contributed by atoms with van der Waals surface area (Å²) < 4.78 is 11.3. The van der Waals surface area contributed by atoms with E-state index < -0.39 is 0 Å². The van der Waals surface area contributed by atoms with Gasteiger partial charge >= 0.3 is 0 Å². The summed E-state index contributed by atoms with van der Waals surface area (Å²) in [6.45, 7) is 11.0. The van der Waals surface area contributed by atoms with Gasteiger partial charge in [-0.25, -0.2) is 9.97 Å². The molecule has 1 atom stereocenters. The first kappa shape index (κ1) is 19.9. The SMILES string of the molecule is CCC1(C)Cc2c(sc3nc(SC(C)C)nc(NCCCOC)c23)CO1. The molecular weight excluding hydrogens is 366 g/mol. The molecule has 2 aromatic rings. The van der Waals surface area contributed by atoms with Crippen molar-refractivity contribution in [3.63, 3.8) is 0 Å². The van der Waals surface area contributed by atoms with E-state index in [1.54, 1.807) is 30.2 Å². The van der Waals surface area contributed by atoms with Crippen molar-refractivity contribution in [3.8, 4) is 0 Å². The van der Waals surface area contributed by atoms with E-state index in [0.29, 0.717) is 11.9 Å². The van der Waals surface area contributed by atoms with Gasteiger partial charge in [0.2, 0.25) is 0 Å². The molecule has 1 N–H and O–H groups in total. The third-order valence-corrected chi connectivity index (χ3v) is 6.69. The topological polar surface area (TPSA) is 56.3 Å². The van der Waals surface area contributed by atoms with Crippen LogP contribution in [0.3, 0.4) is 0 Å². The van der Waals surface area contributed by atoms with E-state index in [9.17, 15) is 0 Å². The Kier molecular flexibility index (Phi) is 6.43. The Morgan fingerprint density at radius 1 is 1.38 bits per heavy atom. The average Bonchev–Trinajstić information content (AvgIpc) is 2.95. The molecule has 0 saturated heterocycles. The van der Waals surface area contributed by atoms with Crippen LogP contribution in [0.2, 0.25) is 0 Å². The minimum atomic E-state index is -0.0975. The number of nitrogens with zero attached hydrogens (tertiary/aromatic N) is 2. The second-order valence-corrected chi connectivity index (χ2v) is 9.87. The fourth-order valence-corrected chi connectivity index (χ4v) is 4.96. The van der Waals surface area contributed by atoms with Crippen molar-refractivity contribution in [2.75, 3.05) is 25.6 Å². The lowest BCUT2D eigenvalue weighted by Crippen LogP contribution is -2.34. The molecule has 0 saturated carbocycles. The summed E-state index contributed by atoms with van der Waals surface area (Å²) in [5.41, 5.74) is 1.27. The van der Waals surface area contributed by atoms with Gasteiger partial charge < -0.3 is 14.8 Å². The summed E-state index contributed by atoms with van der Waals surface area (Å²) in [7, 11) is 1.74. The van der Waals surface area contributed by atoms with Crippen LogP contribution in [-0.4, -0.2) is 41.1 Å². The van der Waals surface area contributed by atoms with Crippen molar-refractivity contribution in [2.45, 2.75) is 69.6 Å². The highest BCUT2D eigenvalue weighted by molar-refractivity contribution is 7.99. The quantitative estimate of drug-likeness (QED) is 0.390. The number of nitrogens with one attached hydrogen (secondary N) is 1. The number of ether oxygens (including phenoxy) is 2. The van der Waals surface area contributed by atoms with Gasteiger partial charge in [0.15, 0.2) is 5.16 Å². The first-order valence-corrected chi connectivity index (χ1v) is 11.0. The predicted octanol–water partition coefficient (Wildman–Crippen LogP) is 4.88. The fraction of sp³-hybridized carbons (Fsp3) is 0.684. The number of thiophene rings is 1. The Morgan fingerprint density at radius 3 is 2.88 bits per heavy atom. The molecule has 1 unspecified atom stereocenters. The molecule has 1 aliphatic heterocycles. The lowest BCUT2D eigenvalue weighted by molar-refractivity contribution is -0.0542. The maximum absolute atomic E-state index is 6.14. The third-order valence-electron chi connectivity index (χ3n) is 4.72. The zero-order valence-electron chi connectivity index (χ0n) is 16.3. The number of rotatable bonds is 8. The standard InChI is InChI=1S/C19H29N3O2S2/c1-6-19(4)10-13-14(11-24-19)26-17-15(13)16(20-8-7-9-23-5)21-18(22-17)25-12(2)3/h12H,6-11H2,1-5H3,(H,20,21,22). The monoisotopic (exact) mass is 395 g/mol. The van der Waals surface area contributed by atoms with E-state index in [2.05, 4.69) is 33.0 Å². The first-order valence-electron chi connectivity index (χ1n) is 9.31. The van der Waals surface area contributed by atoms with Gasteiger partial charge in [-0.2, -0.15) is 0 Å². The van der Waals surface area contributed by atoms with Crippen molar-refractivity contribution in [1.29, 1.82) is 0 Å². The fourth-order valence-electron chi connectivity index (χ4n) is 3.09. The van der Waals surface area contributed by atoms with Crippen LogP contribution >= 0.6 is 23.1 Å². The number of thioether (sulfide) groups is 1. The molecule has 0 fully saturated rings. The van der Waals surface area contributed by atoms with Gasteiger partial charge in [0.05, 0.1) is 17.6 Å². The molecule has 26 heavy (non-hydrogen) atoms. The second-order valence-electron chi connectivity index (χ2n) is 7.25. The molecular formula is C19H29N3O2S2. The van der Waals surface area contributed by atoms with Gasteiger partial charge in [0.25, 0.3) is 0 Å². The molecule has 7 heteroatoms. The minimum absolute atomic E-state index is 0.0975. The van der Waals surface area contributed by atoms with Crippen LogP contribution in [0.25, 0.3) is 10.2 Å². The summed E-state index contributed by atoms with van der Waals surface area (Å²) in [6, 6.07) is 0. The van der Waals surface area contributed by atoms with Gasteiger partial charge in [-0.05, 0) is 25.3 Å². The van der Waals surface area contributed by atoms with Crippen LogP contribution in [0.1, 0.15) is 51.0 Å². The Balaban J connectivity index is 2.00. The number of hydrogen-bond acceptors (Lipinski definition) is 7. The maximum Gasteiger partial charge on any atom is 0.191 e. The summed E-state index contributed by atoms with van der Waals surface area (Å²) in [4.78, 5) is 12.1. The van der Waals surface area contributed by atoms with E-state index in [1.165, 1.54) is 15.8 Å². The Bertz CT molecular complexity index is 763. The summed E-state index contributed by atoms with van der Waals surface area (Å²) in [6.07, 6.45) is 2.88. The molecule has 3 heterocycles. The Hall–Kier alpha value is -0.890. The predicted molar refractivity (Wildman–Crippen MR) is 111 cm³/mol. The van der Waals surface area contributed by atoms with Gasteiger partial charge in [-0.1, -0.05) is 32.5 Å². The van der Waals surface area contributed by atoms with E-state index >= 15 is 0 Å². The zero-order valence-corrected chi connectivity index (χ0v) is 18.0. The smallest absolute Gasteiger partial charge is 0.191 e. The van der Waals surface area contributed by atoms with Crippen molar-refractivity contribution in [2.24, 2.45) is 0 Å². The molecule has 0 bridgehead atoms. The van der Waals surface area contributed by atoms with Crippen LogP contribution in [0, 0.1) is 0 Å². The number of fused-ring (bicyclic) bond motifs is 3. The lowest BCUT2D eigenvalue weighted by Gasteiger charge is -2.33. The van der Waals surface area contributed by atoms with Crippen LogP contribution in [0.15, 0.2) is 5.16 Å². The van der Waals surface area contributed by atoms with Crippen molar-refractivity contribution in [1.82, 2.24) is 9.97 Å². The zero-order chi connectivity index (χ0) is 18.7. The lowest BCUT2D eigenvalue weighted by atomic mass is 9.90. The number of aromatic nitrogens is 2. The van der Waals surface area contributed by atoms with Gasteiger partial charge in [-0.15, -0.1) is 11.3 Å². The normalized spacial score (nSPS) is 19.9. The highest BCUT2D eigenvalue weighted by atomic mass is 32.2. The second kappa shape index (κ2) is 8.42. The van der Waals surface area contributed by atoms with Crippen molar-refractivity contribution < 1.29 is 9.47 Å². The average molecular weight is 396 g/mol. The van der Waals surface area contributed by atoms with Crippen LogP contribution in [0.4, 0.5) is 5.82 Å². The van der Waals surface area contributed by atoms with Crippen LogP contribution in [0.5, 0.6) is 0 Å². The summed E-state index contributed by atoms with van der Waals surface area (Å²) in [5.74, 6) is 0.965. The maximum atomic E-state index is 6.14.